The van der Waals surface area contributed by atoms with Gasteiger partial charge in [-0.05, 0) is 19.9 Å². The van der Waals surface area contributed by atoms with Gasteiger partial charge in [0.05, 0.1) is 11.3 Å². The normalized spacial score (nSPS) is 11.1. The standard InChI is InChI=1S/C7H13NO4S.C4H10/c1-4-6(9)8-7(2,3)5-13(10,11)12;1-3-4-2/h4H,1,5H2,2-3H3,(H,8,9)(H,10,11,12);3-4H2,1-2H3. The molecule has 0 aliphatic carbocycles. The van der Waals surface area contributed by atoms with Crippen LogP contribution in [0.3, 0.4) is 0 Å². The van der Waals surface area contributed by atoms with Crippen LogP contribution in [-0.4, -0.2) is 30.2 Å². The number of carbonyl (C=O) groups excluding carboxylic acids is 1. The molecule has 0 rings (SSSR count). The lowest BCUT2D eigenvalue weighted by atomic mass is 10.1. The predicted molar refractivity (Wildman–Crippen MR) is 69.4 cm³/mol. The van der Waals surface area contributed by atoms with Crippen molar-refractivity contribution in [2.45, 2.75) is 46.1 Å². The van der Waals surface area contributed by atoms with E-state index in [0.29, 0.717) is 0 Å². The lowest BCUT2D eigenvalue weighted by Crippen LogP contribution is -2.47. The number of hydrogen-bond donors (Lipinski definition) is 2. The maximum Gasteiger partial charge on any atom is 0.267 e. The average Bonchev–Trinajstić information content (AvgIpc) is 2.13. The van der Waals surface area contributed by atoms with Crippen molar-refractivity contribution in [3.8, 4) is 0 Å². The van der Waals surface area contributed by atoms with E-state index in [2.05, 4.69) is 25.7 Å². The highest BCUT2D eigenvalue weighted by Crippen LogP contribution is 2.05. The Hall–Kier alpha value is -0.880. The third-order valence-corrected chi connectivity index (χ3v) is 2.78. The van der Waals surface area contributed by atoms with Crippen LogP contribution in [0.2, 0.25) is 0 Å². The zero-order valence-electron chi connectivity index (χ0n) is 11.0. The first-order valence-electron chi connectivity index (χ1n) is 5.47. The summed E-state index contributed by atoms with van der Waals surface area (Å²) in [6.07, 6.45) is 3.67. The van der Waals surface area contributed by atoms with E-state index >= 15 is 0 Å². The smallest absolute Gasteiger partial charge is 0.267 e. The van der Waals surface area contributed by atoms with Gasteiger partial charge in [-0.25, -0.2) is 0 Å². The molecule has 6 heteroatoms. The van der Waals surface area contributed by atoms with Crippen LogP contribution in [0, 0.1) is 0 Å². The van der Waals surface area contributed by atoms with Crippen molar-refractivity contribution in [3.05, 3.63) is 12.7 Å². The maximum atomic E-state index is 10.8. The first kappa shape index (κ1) is 18.5. The number of rotatable bonds is 5. The molecule has 1 amide bonds. The van der Waals surface area contributed by atoms with Gasteiger partial charge in [-0.15, -0.1) is 0 Å². The van der Waals surface area contributed by atoms with Crippen LogP contribution in [0.5, 0.6) is 0 Å². The van der Waals surface area contributed by atoms with Gasteiger partial charge in [0.15, 0.2) is 0 Å². The van der Waals surface area contributed by atoms with Crippen molar-refractivity contribution in [1.29, 1.82) is 0 Å². The van der Waals surface area contributed by atoms with E-state index in [4.69, 9.17) is 4.55 Å². The minimum Gasteiger partial charge on any atom is -0.347 e. The van der Waals surface area contributed by atoms with Crippen LogP contribution in [-0.2, 0) is 14.9 Å². The van der Waals surface area contributed by atoms with Crippen LogP contribution in [0.25, 0.3) is 0 Å². The fraction of sp³-hybridized carbons (Fsp3) is 0.727. The Morgan fingerprint density at radius 3 is 2.00 bits per heavy atom. The predicted octanol–water partition coefficient (Wildman–Crippen LogP) is 1.76. The maximum absolute atomic E-state index is 10.8. The van der Waals surface area contributed by atoms with Gasteiger partial charge in [0.1, 0.15) is 0 Å². The number of nitrogens with one attached hydrogen (secondary N) is 1. The molecular formula is C11H23NO4S. The van der Waals surface area contributed by atoms with E-state index in [1.54, 1.807) is 0 Å². The highest BCUT2D eigenvalue weighted by atomic mass is 32.2. The summed E-state index contributed by atoms with van der Waals surface area (Å²) in [6, 6.07) is 0. The Kier molecular flexibility index (Phi) is 8.97. The third-order valence-electron chi connectivity index (χ3n) is 1.69. The molecule has 0 unspecified atom stereocenters. The summed E-state index contributed by atoms with van der Waals surface area (Å²) < 4.78 is 29.5. The number of carbonyl (C=O) groups is 1. The molecule has 0 saturated heterocycles. The molecule has 0 aliphatic heterocycles. The zero-order chi connectivity index (χ0) is 14.1. The van der Waals surface area contributed by atoms with Crippen molar-refractivity contribution >= 4 is 16.0 Å². The van der Waals surface area contributed by atoms with E-state index in [-0.39, 0.29) is 0 Å². The Balaban J connectivity index is 0. The van der Waals surface area contributed by atoms with E-state index in [0.717, 1.165) is 6.08 Å². The van der Waals surface area contributed by atoms with Gasteiger partial charge < -0.3 is 5.32 Å². The summed E-state index contributed by atoms with van der Waals surface area (Å²) in [5.74, 6) is -1.01. The zero-order valence-corrected chi connectivity index (χ0v) is 11.8. The molecule has 0 bridgehead atoms. The van der Waals surface area contributed by atoms with Crippen molar-refractivity contribution in [3.63, 3.8) is 0 Å². The molecule has 0 aliphatic rings. The molecule has 0 atom stereocenters. The lowest BCUT2D eigenvalue weighted by Gasteiger charge is -2.23. The first-order valence-corrected chi connectivity index (χ1v) is 7.08. The fourth-order valence-electron chi connectivity index (χ4n) is 0.877. The van der Waals surface area contributed by atoms with Gasteiger partial charge in [0.2, 0.25) is 5.91 Å². The average molecular weight is 265 g/mol. The topological polar surface area (TPSA) is 83.5 Å². The Morgan fingerprint density at radius 2 is 1.76 bits per heavy atom. The summed E-state index contributed by atoms with van der Waals surface area (Å²) in [5, 5.41) is 2.37. The quantitative estimate of drug-likeness (QED) is 0.586. The molecule has 5 nitrogen and oxygen atoms in total. The van der Waals surface area contributed by atoms with Crippen LogP contribution in [0.1, 0.15) is 40.5 Å². The Morgan fingerprint density at radius 1 is 1.35 bits per heavy atom. The molecule has 0 aromatic rings. The molecule has 0 spiro atoms. The van der Waals surface area contributed by atoms with Gasteiger partial charge >= 0.3 is 0 Å². The summed E-state index contributed by atoms with van der Waals surface area (Å²) in [7, 11) is -4.08. The highest BCUT2D eigenvalue weighted by molar-refractivity contribution is 7.85. The monoisotopic (exact) mass is 265 g/mol. The van der Waals surface area contributed by atoms with Crippen LogP contribution in [0.4, 0.5) is 0 Å². The minimum atomic E-state index is -4.08. The van der Waals surface area contributed by atoms with Crippen molar-refractivity contribution in [1.82, 2.24) is 5.32 Å². The Bertz CT molecular complexity index is 331. The number of amides is 1. The molecule has 0 heterocycles. The summed E-state index contributed by atoms with van der Waals surface area (Å²) in [5.41, 5.74) is -1.00. The lowest BCUT2D eigenvalue weighted by molar-refractivity contribution is -0.117. The van der Waals surface area contributed by atoms with E-state index in [1.165, 1.54) is 26.7 Å². The van der Waals surface area contributed by atoms with Crippen molar-refractivity contribution < 1.29 is 17.8 Å². The third kappa shape index (κ3) is 15.1. The highest BCUT2D eigenvalue weighted by Gasteiger charge is 2.25. The molecule has 0 aromatic heterocycles. The van der Waals surface area contributed by atoms with Crippen molar-refractivity contribution in [2.75, 3.05) is 5.75 Å². The molecule has 0 saturated carbocycles. The molecule has 0 radical (unpaired) electrons. The van der Waals surface area contributed by atoms with Crippen LogP contribution >= 0.6 is 0 Å². The van der Waals surface area contributed by atoms with Gasteiger partial charge in [-0.1, -0.05) is 33.3 Å². The Labute approximate surface area is 104 Å². The largest absolute Gasteiger partial charge is 0.347 e. The second kappa shape index (κ2) is 8.25. The summed E-state index contributed by atoms with van der Waals surface area (Å²) in [4.78, 5) is 10.8. The van der Waals surface area contributed by atoms with Gasteiger partial charge in [0.25, 0.3) is 10.1 Å². The second-order valence-electron chi connectivity index (χ2n) is 4.30. The molecule has 17 heavy (non-hydrogen) atoms. The second-order valence-corrected chi connectivity index (χ2v) is 5.76. The number of hydrogen-bond acceptors (Lipinski definition) is 3. The first-order chi connectivity index (χ1) is 7.58. The van der Waals surface area contributed by atoms with Gasteiger partial charge in [-0.3, -0.25) is 9.35 Å². The van der Waals surface area contributed by atoms with Crippen LogP contribution in [0.15, 0.2) is 12.7 Å². The number of unbranched alkanes of at least 4 members (excludes halogenated alkanes) is 1. The van der Waals surface area contributed by atoms with E-state index in [9.17, 15) is 13.2 Å². The van der Waals surface area contributed by atoms with Crippen LogP contribution < -0.4 is 5.32 Å². The molecule has 0 aromatic carbocycles. The summed E-state index contributed by atoms with van der Waals surface area (Å²) in [6.45, 7) is 10.6. The van der Waals surface area contributed by atoms with Gasteiger partial charge in [0, 0.05) is 0 Å². The molecule has 2 N–H and O–H groups in total. The summed E-state index contributed by atoms with van der Waals surface area (Å²) >= 11 is 0. The van der Waals surface area contributed by atoms with Gasteiger partial charge in [-0.2, -0.15) is 8.42 Å². The molecular weight excluding hydrogens is 242 g/mol. The molecule has 102 valence electrons. The van der Waals surface area contributed by atoms with E-state index in [1.807, 2.05) is 0 Å². The van der Waals surface area contributed by atoms with Crippen molar-refractivity contribution in [2.24, 2.45) is 0 Å². The fourth-order valence-corrected chi connectivity index (χ4v) is 1.86. The SMILES string of the molecule is C=CC(=O)NC(C)(C)CS(=O)(=O)O.CCCC. The van der Waals surface area contributed by atoms with E-state index < -0.39 is 27.3 Å². The minimum absolute atomic E-state index is 0.478. The molecule has 0 fully saturated rings.